The molecule has 1 aromatic carbocycles. The molecule has 0 bridgehead atoms. The van der Waals surface area contributed by atoms with Crippen molar-refractivity contribution in [1.29, 1.82) is 0 Å². The first-order chi connectivity index (χ1) is 13.4. The highest BCUT2D eigenvalue weighted by Crippen LogP contribution is 2.33. The second kappa shape index (κ2) is 9.17. The van der Waals surface area contributed by atoms with Gasteiger partial charge in [0.1, 0.15) is 18.0 Å². The van der Waals surface area contributed by atoms with Gasteiger partial charge in [-0.05, 0) is 69.7 Å². The predicted molar refractivity (Wildman–Crippen MR) is 120 cm³/mol. The van der Waals surface area contributed by atoms with Crippen molar-refractivity contribution in [2.45, 2.75) is 64.7 Å². The van der Waals surface area contributed by atoms with Gasteiger partial charge in [0.05, 0.1) is 0 Å². The normalized spacial score (nSPS) is 26.1. The largest absolute Gasteiger partial charge is 0.487 e. The summed E-state index contributed by atoms with van der Waals surface area (Å²) in [6.07, 6.45) is 2.80. The van der Waals surface area contributed by atoms with Crippen LogP contribution in [0.1, 0.15) is 50.5 Å². The Hall–Kier alpha value is -1.40. The van der Waals surface area contributed by atoms with Crippen LogP contribution >= 0.6 is 23.7 Å². The van der Waals surface area contributed by atoms with E-state index in [-0.39, 0.29) is 36.3 Å². The van der Waals surface area contributed by atoms with Gasteiger partial charge in [0.25, 0.3) is 0 Å². The molecule has 1 fully saturated rings. The van der Waals surface area contributed by atoms with E-state index >= 15 is 0 Å². The molecule has 2 aliphatic rings. The number of thiophene rings is 1. The highest BCUT2D eigenvalue weighted by Gasteiger charge is 2.37. The van der Waals surface area contributed by atoms with Crippen LogP contribution in [0.25, 0.3) is 0 Å². The number of carbonyl (C=O) groups is 1. The van der Waals surface area contributed by atoms with Crippen molar-refractivity contribution in [3.63, 3.8) is 0 Å². The van der Waals surface area contributed by atoms with Gasteiger partial charge < -0.3 is 15.2 Å². The van der Waals surface area contributed by atoms with Crippen molar-refractivity contribution in [1.82, 2.24) is 5.32 Å². The van der Waals surface area contributed by atoms with Crippen molar-refractivity contribution < 1.29 is 14.6 Å². The third-order valence-electron chi connectivity index (χ3n) is 6.30. The summed E-state index contributed by atoms with van der Waals surface area (Å²) in [5.74, 6) is 1.12. The predicted octanol–water partition coefficient (Wildman–Crippen LogP) is 4.40. The average Bonchev–Trinajstić information content (AvgIpc) is 3.22. The molecule has 0 aliphatic heterocycles. The zero-order chi connectivity index (χ0) is 19.8. The molecule has 0 radical (unpaired) electrons. The van der Waals surface area contributed by atoms with Crippen molar-refractivity contribution in [2.75, 3.05) is 6.54 Å². The van der Waals surface area contributed by atoms with Gasteiger partial charge in [0, 0.05) is 33.8 Å². The molecule has 2 aliphatic carbocycles. The van der Waals surface area contributed by atoms with E-state index in [9.17, 15) is 9.90 Å². The van der Waals surface area contributed by atoms with Gasteiger partial charge in [-0.25, -0.2) is 0 Å². The summed E-state index contributed by atoms with van der Waals surface area (Å²) in [5.41, 5.74) is 3.24. The van der Waals surface area contributed by atoms with E-state index in [0.29, 0.717) is 6.54 Å². The summed E-state index contributed by atoms with van der Waals surface area (Å²) < 4.78 is 6.14. The minimum Gasteiger partial charge on any atom is -0.487 e. The molecule has 0 spiro atoms. The van der Waals surface area contributed by atoms with E-state index in [1.54, 1.807) is 11.3 Å². The lowest BCUT2D eigenvalue weighted by Gasteiger charge is -2.26. The minimum atomic E-state index is -0.558. The van der Waals surface area contributed by atoms with E-state index in [1.165, 1.54) is 15.3 Å². The zero-order valence-corrected chi connectivity index (χ0v) is 18.9. The van der Waals surface area contributed by atoms with E-state index in [1.807, 2.05) is 18.2 Å². The van der Waals surface area contributed by atoms with E-state index in [4.69, 9.17) is 4.74 Å². The molecule has 0 saturated heterocycles. The Morgan fingerprint density at radius 3 is 2.79 bits per heavy atom. The maximum atomic E-state index is 12.8. The lowest BCUT2D eigenvalue weighted by molar-refractivity contribution is 0.0438. The molecular formula is C23H30ClNO3S. The second-order valence-corrected chi connectivity index (χ2v) is 9.57. The number of hydrogen-bond donors (Lipinski definition) is 2. The van der Waals surface area contributed by atoms with Crippen LogP contribution in [0.4, 0.5) is 0 Å². The molecule has 1 saturated carbocycles. The highest BCUT2D eigenvalue weighted by atomic mass is 35.5. The van der Waals surface area contributed by atoms with Gasteiger partial charge in [0.2, 0.25) is 0 Å². The maximum Gasteiger partial charge on any atom is 0.168 e. The first kappa shape index (κ1) is 22.3. The fraction of sp³-hybridized carbons (Fsp3) is 0.522. The number of hydrogen-bond acceptors (Lipinski definition) is 5. The zero-order valence-electron chi connectivity index (χ0n) is 17.2. The van der Waals surface area contributed by atoms with Gasteiger partial charge in [-0.1, -0.05) is 12.1 Å². The summed E-state index contributed by atoms with van der Waals surface area (Å²) in [5, 5.41) is 14.2. The van der Waals surface area contributed by atoms with Gasteiger partial charge in [-0.3, -0.25) is 4.79 Å². The van der Waals surface area contributed by atoms with Crippen LogP contribution in [-0.4, -0.2) is 35.7 Å². The molecule has 4 nitrogen and oxygen atoms in total. The van der Waals surface area contributed by atoms with E-state index in [0.717, 1.165) is 42.6 Å². The number of ketones is 1. The molecule has 0 amide bonds. The summed E-state index contributed by atoms with van der Waals surface area (Å²) in [7, 11) is 0. The molecule has 4 unspecified atom stereocenters. The number of benzene rings is 1. The Balaban J connectivity index is 0.00000240. The highest BCUT2D eigenvalue weighted by molar-refractivity contribution is 7.12. The molecule has 4 rings (SSSR count). The summed E-state index contributed by atoms with van der Waals surface area (Å²) in [6.45, 7) is 6.82. The van der Waals surface area contributed by atoms with Gasteiger partial charge >= 0.3 is 0 Å². The summed E-state index contributed by atoms with van der Waals surface area (Å²) in [4.78, 5) is 15.2. The topological polar surface area (TPSA) is 58.6 Å². The Morgan fingerprint density at radius 1 is 1.21 bits per heavy atom. The van der Waals surface area contributed by atoms with Crippen LogP contribution < -0.4 is 10.1 Å². The monoisotopic (exact) mass is 435 g/mol. The van der Waals surface area contributed by atoms with Crippen molar-refractivity contribution in [3.05, 3.63) is 50.7 Å². The summed E-state index contributed by atoms with van der Waals surface area (Å²) in [6, 6.07) is 8.04. The number of nitrogens with one attached hydrogen (secondary N) is 1. The number of ether oxygens (including phenoxy) is 1. The average molecular weight is 436 g/mol. The van der Waals surface area contributed by atoms with Crippen LogP contribution in [0, 0.1) is 26.7 Å². The lowest BCUT2D eigenvalue weighted by atomic mass is 9.87. The van der Waals surface area contributed by atoms with Crippen LogP contribution in [0.2, 0.25) is 0 Å². The number of rotatable bonds is 5. The first-order valence-corrected chi connectivity index (χ1v) is 11.0. The quantitative estimate of drug-likeness (QED) is 0.730. The minimum absolute atomic E-state index is 0. The third-order valence-corrected chi connectivity index (χ3v) is 7.41. The Morgan fingerprint density at radius 2 is 2.00 bits per heavy atom. The number of aliphatic hydroxyl groups is 1. The molecular weight excluding hydrogens is 406 g/mol. The molecule has 1 heterocycles. The molecule has 6 heteroatoms. The molecule has 1 aromatic heterocycles. The lowest BCUT2D eigenvalue weighted by Crippen LogP contribution is -2.44. The number of halogens is 1. The van der Waals surface area contributed by atoms with Gasteiger partial charge in [-0.15, -0.1) is 23.7 Å². The van der Waals surface area contributed by atoms with E-state index in [2.05, 4.69) is 32.2 Å². The molecule has 2 N–H and O–H groups in total. The molecule has 4 atom stereocenters. The van der Waals surface area contributed by atoms with E-state index < -0.39 is 6.10 Å². The molecule has 2 aromatic rings. The third kappa shape index (κ3) is 4.53. The fourth-order valence-electron chi connectivity index (χ4n) is 4.41. The van der Waals surface area contributed by atoms with Gasteiger partial charge in [0.15, 0.2) is 5.78 Å². The Bertz CT molecular complexity index is 881. The van der Waals surface area contributed by atoms with Crippen molar-refractivity contribution in [2.24, 2.45) is 5.92 Å². The van der Waals surface area contributed by atoms with Crippen LogP contribution in [0.5, 0.6) is 5.75 Å². The SMILES string of the molecule is Cc1cc2c(s1)CCC(CNC1CCC(Oc3cccc(C)c3C)C1O)C2=O.Cl. The Labute approximate surface area is 183 Å². The maximum absolute atomic E-state index is 12.8. The number of carbonyl (C=O) groups excluding carboxylic acids is 1. The van der Waals surface area contributed by atoms with Crippen LogP contribution in [-0.2, 0) is 6.42 Å². The number of aryl methyl sites for hydroxylation is 3. The van der Waals surface area contributed by atoms with Crippen molar-refractivity contribution >= 4 is 29.5 Å². The molecule has 158 valence electrons. The van der Waals surface area contributed by atoms with Gasteiger partial charge in [-0.2, -0.15) is 0 Å². The number of fused-ring (bicyclic) bond motifs is 1. The summed E-state index contributed by atoms with van der Waals surface area (Å²) >= 11 is 1.75. The van der Waals surface area contributed by atoms with Crippen LogP contribution in [0.15, 0.2) is 24.3 Å². The Kier molecular flexibility index (Phi) is 7.05. The second-order valence-electron chi connectivity index (χ2n) is 8.23. The number of aliphatic hydroxyl groups excluding tert-OH is 1. The smallest absolute Gasteiger partial charge is 0.168 e. The number of Topliss-reactive ketones (excluding diaryl/α,β-unsaturated/α-hetero) is 1. The standard InChI is InChI=1S/C23H29NO3S.ClH/c1-13-5-4-6-19(15(13)3)27-20-9-8-18(23(20)26)24-12-16-7-10-21-17(22(16)25)11-14(2)28-21;/h4-6,11,16,18,20,23-24,26H,7-10,12H2,1-3H3;1H. The fourth-order valence-corrected chi connectivity index (χ4v) is 5.47. The van der Waals surface area contributed by atoms with Crippen molar-refractivity contribution in [3.8, 4) is 5.75 Å². The van der Waals surface area contributed by atoms with Crippen LogP contribution in [0.3, 0.4) is 0 Å². The first-order valence-electron chi connectivity index (χ1n) is 10.2. The molecule has 29 heavy (non-hydrogen) atoms.